The highest BCUT2D eigenvalue weighted by molar-refractivity contribution is 5.74. The molecule has 0 unspecified atom stereocenters. The normalized spacial score (nSPS) is 27.1. The Labute approximate surface area is 98.1 Å². The third-order valence-corrected chi connectivity index (χ3v) is 3.57. The van der Waals surface area contributed by atoms with Gasteiger partial charge in [0.2, 0.25) is 0 Å². The maximum Gasteiger partial charge on any atom is 0.308 e. The third-order valence-electron chi connectivity index (χ3n) is 3.57. The number of ether oxygens (including phenoxy) is 1. The summed E-state index contributed by atoms with van der Waals surface area (Å²) in [5, 5.41) is 0. The van der Waals surface area contributed by atoms with Gasteiger partial charge >= 0.3 is 5.97 Å². The van der Waals surface area contributed by atoms with Crippen molar-refractivity contribution in [3.8, 4) is 0 Å². The fraction of sp³-hybridized carbons (Fsp3) is 0.923. The van der Waals surface area contributed by atoms with Gasteiger partial charge in [-0.1, -0.05) is 0 Å². The van der Waals surface area contributed by atoms with Gasteiger partial charge in [0.15, 0.2) is 0 Å². The average Bonchev–Trinajstić information content (AvgIpc) is 2.91. The summed E-state index contributed by atoms with van der Waals surface area (Å²) in [6.07, 6.45) is 4.46. The fourth-order valence-corrected chi connectivity index (χ4v) is 2.51. The number of likely N-dealkylation sites (tertiary alicyclic amines) is 1. The summed E-state index contributed by atoms with van der Waals surface area (Å²) in [5.41, 5.74) is 0.188. The van der Waals surface area contributed by atoms with Gasteiger partial charge in [-0.25, -0.2) is 0 Å². The molecule has 3 nitrogen and oxygen atoms in total. The first kappa shape index (κ1) is 11.9. The summed E-state index contributed by atoms with van der Waals surface area (Å²) in [7, 11) is 0. The van der Waals surface area contributed by atoms with Crippen molar-refractivity contribution in [1.82, 2.24) is 4.90 Å². The highest BCUT2D eigenvalue weighted by atomic mass is 16.5. The first-order chi connectivity index (χ1) is 7.48. The van der Waals surface area contributed by atoms with Gasteiger partial charge in [0.05, 0.1) is 5.92 Å². The summed E-state index contributed by atoms with van der Waals surface area (Å²) >= 11 is 0. The lowest BCUT2D eigenvalue weighted by molar-refractivity contribution is -0.147. The molecule has 1 saturated heterocycles. The van der Waals surface area contributed by atoms with Gasteiger partial charge in [0, 0.05) is 11.6 Å². The largest absolute Gasteiger partial charge is 0.464 e. The Bertz CT molecular complexity index is 266. The molecule has 2 aliphatic rings. The van der Waals surface area contributed by atoms with Crippen LogP contribution in [0.4, 0.5) is 0 Å². The van der Waals surface area contributed by atoms with Crippen molar-refractivity contribution in [2.45, 2.75) is 58.0 Å². The van der Waals surface area contributed by atoms with Crippen molar-refractivity contribution in [2.24, 2.45) is 5.92 Å². The molecule has 1 aliphatic carbocycles. The first-order valence-corrected chi connectivity index (χ1v) is 6.42. The Morgan fingerprint density at radius 3 is 2.56 bits per heavy atom. The number of carbonyl (C=O) groups is 1. The molecule has 0 amide bonds. The van der Waals surface area contributed by atoms with E-state index in [1.54, 1.807) is 0 Å². The summed E-state index contributed by atoms with van der Waals surface area (Å²) < 4.78 is 5.39. The summed E-state index contributed by atoms with van der Waals surface area (Å²) in [6, 6.07) is 0.433. The number of rotatable bonds is 3. The number of nitrogens with zero attached hydrogens (tertiary/aromatic N) is 1. The number of carbonyl (C=O) groups excluding carboxylic acids is 1. The Hall–Kier alpha value is -0.570. The molecule has 1 aliphatic heterocycles. The van der Waals surface area contributed by atoms with Crippen LogP contribution in [0.25, 0.3) is 0 Å². The van der Waals surface area contributed by atoms with Crippen molar-refractivity contribution in [3.63, 3.8) is 0 Å². The average molecular weight is 225 g/mol. The van der Waals surface area contributed by atoms with E-state index >= 15 is 0 Å². The highest BCUT2D eigenvalue weighted by Gasteiger charge is 2.35. The van der Waals surface area contributed by atoms with Gasteiger partial charge in [0.1, 0.15) is 6.61 Å². The van der Waals surface area contributed by atoms with Crippen molar-refractivity contribution in [2.75, 3.05) is 13.2 Å². The van der Waals surface area contributed by atoms with Gasteiger partial charge in [-0.2, -0.15) is 0 Å². The van der Waals surface area contributed by atoms with E-state index in [1.165, 1.54) is 6.42 Å². The fourth-order valence-electron chi connectivity index (χ4n) is 2.51. The number of esters is 1. The monoisotopic (exact) mass is 225 g/mol. The molecule has 92 valence electrons. The molecule has 0 aromatic rings. The van der Waals surface area contributed by atoms with E-state index in [9.17, 15) is 4.79 Å². The Balaban J connectivity index is 1.81. The van der Waals surface area contributed by atoms with Crippen molar-refractivity contribution >= 4 is 5.97 Å². The minimum absolute atomic E-state index is 0.0285. The summed E-state index contributed by atoms with van der Waals surface area (Å²) in [5.74, 6) is 0.255. The van der Waals surface area contributed by atoms with Crippen LogP contribution in [0.3, 0.4) is 0 Å². The Morgan fingerprint density at radius 2 is 2.00 bits per heavy atom. The quantitative estimate of drug-likeness (QED) is 0.690. The standard InChI is InChI=1S/C13H23NO2/c1-13(2,3)14-8-4-5-11(14)9-16-12(15)10-6-7-10/h10-11H,4-9H2,1-3H3/t11-/m0/s1. The Morgan fingerprint density at radius 1 is 1.31 bits per heavy atom. The molecule has 0 aromatic heterocycles. The molecule has 2 rings (SSSR count). The number of hydrogen-bond donors (Lipinski definition) is 0. The van der Waals surface area contributed by atoms with E-state index < -0.39 is 0 Å². The zero-order valence-corrected chi connectivity index (χ0v) is 10.7. The Kier molecular flexibility index (Phi) is 3.24. The molecule has 0 N–H and O–H groups in total. The van der Waals surface area contributed by atoms with Crippen molar-refractivity contribution in [3.05, 3.63) is 0 Å². The van der Waals surface area contributed by atoms with Gasteiger partial charge < -0.3 is 4.74 Å². The summed E-state index contributed by atoms with van der Waals surface area (Å²) in [6.45, 7) is 8.41. The molecule has 0 bridgehead atoms. The second kappa shape index (κ2) is 4.36. The first-order valence-electron chi connectivity index (χ1n) is 6.42. The molecule has 16 heavy (non-hydrogen) atoms. The lowest BCUT2D eigenvalue weighted by Crippen LogP contribution is -2.46. The molecular formula is C13H23NO2. The van der Waals surface area contributed by atoms with Crippen LogP contribution in [0, 0.1) is 5.92 Å². The maximum atomic E-state index is 11.5. The second-order valence-electron chi connectivity index (χ2n) is 6.06. The maximum absolute atomic E-state index is 11.5. The van der Waals surface area contributed by atoms with Crippen LogP contribution < -0.4 is 0 Å². The highest BCUT2D eigenvalue weighted by Crippen LogP contribution is 2.31. The predicted molar refractivity (Wildman–Crippen MR) is 63.2 cm³/mol. The molecule has 2 fully saturated rings. The molecule has 1 saturated carbocycles. The van der Waals surface area contributed by atoms with Crippen LogP contribution in [0.5, 0.6) is 0 Å². The van der Waals surface area contributed by atoms with E-state index in [1.807, 2.05) is 0 Å². The van der Waals surface area contributed by atoms with Crippen LogP contribution in [-0.2, 0) is 9.53 Å². The van der Waals surface area contributed by atoms with E-state index in [2.05, 4.69) is 25.7 Å². The SMILES string of the molecule is CC(C)(C)N1CCC[C@H]1COC(=O)C1CC1. The third kappa shape index (κ3) is 2.76. The van der Waals surface area contributed by atoms with Gasteiger partial charge in [0.25, 0.3) is 0 Å². The molecule has 0 aromatic carbocycles. The van der Waals surface area contributed by atoms with E-state index in [0.717, 1.165) is 25.8 Å². The molecular weight excluding hydrogens is 202 g/mol. The van der Waals surface area contributed by atoms with Gasteiger partial charge in [-0.15, -0.1) is 0 Å². The van der Waals surface area contributed by atoms with Crippen LogP contribution in [0.2, 0.25) is 0 Å². The number of hydrogen-bond acceptors (Lipinski definition) is 3. The molecule has 1 heterocycles. The van der Waals surface area contributed by atoms with Crippen LogP contribution >= 0.6 is 0 Å². The minimum atomic E-state index is 0.0285. The van der Waals surface area contributed by atoms with Crippen LogP contribution in [-0.4, -0.2) is 35.6 Å². The van der Waals surface area contributed by atoms with Crippen LogP contribution in [0.15, 0.2) is 0 Å². The van der Waals surface area contributed by atoms with Crippen LogP contribution in [0.1, 0.15) is 46.5 Å². The second-order valence-corrected chi connectivity index (χ2v) is 6.06. The van der Waals surface area contributed by atoms with Gasteiger partial charge in [-0.05, 0) is 53.0 Å². The lowest BCUT2D eigenvalue weighted by Gasteiger charge is -2.36. The zero-order chi connectivity index (χ0) is 11.8. The molecule has 0 spiro atoms. The van der Waals surface area contributed by atoms with Gasteiger partial charge in [-0.3, -0.25) is 9.69 Å². The molecule has 0 radical (unpaired) electrons. The smallest absolute Gasteiger partial charge is 0.308 e. The van der Waals surface area contributed by atoms with E-state index in [4.69, 9.17) is 4.74 Å². The van der Waals surface area contributed by atoms with E-state index in [0.29, 0.717) is 12.6 Å². The minimum Gasteiger partial charge on any atom is -0.464 e. The summed E-state index contributed by atoms with van der Waals surface area (Å²) in [4.78, 5) is 13.9. The molecule has 3 heteroatoms. The predicted octanol–water partition coefficient (Wildman–Crippen LogP) is 2.20. The van der Waals surface area contributed by atoms with Crippen molar-refractivity contribution < 1.29 is 9.53 Å². The topological polar surface area (TPSA) is 29.5 Å². The van der Waals surface area contributed by atoms with E-state index in [-0.39, 0.29) is 17.4 Å². The molecule has 1 atom stereocenters. The zero-order valence-electron chi connectivity index (χ0n) is 10.7. The lowest BCUT2D eigenvalue weighted by atomic mass is 10.1. The van der Waals surface area contributed by atoms with Crippen molar-refractivity contribution in [1.29, 1.82) is 0 Å².